The van der Waals surface area contributed by atoms with Crippen LogP contribution in [0.3, 0.4) is 0 Å². The van der Waals surface area contributed by atoms with Crippen molar-refractivity contribution in [1.29, 1.82) is 0 Å². The first-order chi connectivity index (χ1) is 10.0. The first kappa shape index (κ1) is 17.2. The van der Waals surface area contributed by atoms with Gasteiger partial charge in [-0.1, -0.05) is 27.7 Å². The molecule has 0 bridgehead atoms. The fraction of sp³-hybridized carbons (Fsp3) is 1.00. The Labute approximate surface area is 131 Å². The highest BCUT2D eigenvalue weighted by atomic mass is 16.5. The second kappa shape index (κ2) is 7.94. The quantitative estimate of drug-likeness (QED) is 0.814. The van der Waals surface area contributed by atoms with Gasteiger partial charge in [0.1, 0.15) is 0 Å². The van der Waals surface area contributed by atoms with Gasteiger partial charge < -0.3 is 10.1 Å². The topological polar surface area (TPSA) is 24.5 Å². The summed E-state index contributed by atoms with van der Waals surface area (Å²) in [5, 5.41) is 3.82. The van der Waals surface area contributed by atoms with Crippen molar-refractivity contribution in [1.82, 2.24) is 10.2 Å². The molecule has 3 unspecified atom stereocenters. The summed E-state index contributed by atoms with van der Waals surface area (Å²) in [7, 11) is 0. The van der Waals surface area contributed by atoms with Crippen molar-refractivity contribution in [3.05, 3.63) is 0 Å². The molecule has 2 aliphatic rings. The molecule has 3 nitrogen and oxygen atoms in total. The second-order valence-corrected chi connectivity index (χ2v) is 7.89. The van der Waals surface area contributed by atoms with Gasteiger partial charge in [0.25, 0.3) is 0 Å². The van der Waals surface area contributed by atoms with E-state index in [1.54, 1.807) is 0 Å². The molecule has 1 aliphatic heterocycles. The number of rotatable bonds is 6. The first-order valence-electron chi connectivity index (χ1n) is 9.11. The first-order valence-corrected chi connectivity index (χ1v) is 9.11. The van der Waals surface area contributed by atoms with E-state index in [-0.39, 0.29) is 0 Å². The van der Waals surface area contributed by atoms with E-state index < -0.39 is 0 Å². The molecule has 1 saturated carbocycles. The summed E-state index contributed by atoms with van der Waals surface area (Å²) in [6.07, 6.45) is 6.91. The summed E-state index contributed by atoms with van der Waals surface area (Å²) in [5.74, 6) is 0.802. The Kier molecular flexibility index (Phi) is 6.51. The molecule has 0 amide bonds. The standard InChI is InChI=1S/C18H36N2O/c1-5-9-19-17-7-8-18(3,4)12-15(17)13-20-10-11-21-16(6-2)14-20/h15-17,19H,5-14H2,1-4H3. The third kappa shape index (κ3) is 5.22. The second-order valence-electron chi connectivity index (χ2n) is 7.89. The van der Waals surface area contributed by atoms with Gasteiger partial charge in [0.05, 0.1) is 12.7 Å². The van der Waals surface area contributed by atoms with Crippen molar-refractivity contribution in [3.8, 4) is 0 Å². The van der Waals surface area contributed by atoms with E-state index in [2.05, 4.69) is 37.9 Å². The zero-order valence-electron chi connectivity index (χ0n) is 14.7. The molecule has 1 saturated heterocycles. The molecule has 0 spiro atoms. The lowest BCUT2D eigenvalue weighted by Gasteiger charge is -2.44. The van der Waals surface area contributed by atoms with Gasteiger partial charge in [0.2, 0.25) is 0 Å². The van der Waals surface area contributed by atoms with Crippen LogP contribution >= 0.6 is 0 Å². The van der Waals surface area contributed by atoms with Gasteiger partial charge in [-0.3, -0.25) is 4.90 Å². The average Bonchev–Trinajstić information content (AvgIpc) is 2.46. The maximum Gasteiger partial charge on any atom is 0.0700 e. The number of ether oxygens (including phenoxy) is 1. The molecule has 0 aromatic carbocycles. The third-order valence-electron chi connectivity index (χ3n) is 5.34. The van der Waals surface area contributed by atoms with Gasteiger partial charge in [-0.25, -0.2) is 0 Å². The van der Waals surface area contributed by atoms with Crippen LogP contribution in [0, 0.1) is 11.3 Å². The Morgan fingerprint density at radius 2 is 2.10 bits per heavy atom. The number of morpholine rings is 1. The lowest BCUT2D eigenvalue weighted by molar-refractivity contribution is -0.0403. The van der Waals surface area contributed by atoms with Crippen LogP contribution < -0.4 is 5.32 Å². The maximum atomic E-state index is 5.82. The average molecular weight is 296 g/mol. The summed E-state index contributed by atoms with van der Waals surface area (Å²) in [4.78, 5) is 2.66. The van der Waals surface area contributed by atoms with Crippen LogP contribution in [-0.2, 0) is 4.74 Å². The van der Waals surface area contributed by atoms with Gasteiger partial charge in [0, 0.05) is 25.7 Å². The Morgan fingerprint density at radius 1 is 1.29 bits per heavy atom. The summed E-state index contributed by atoms with van der Waals surface area (Å²) in [6, 6.07) is 0.723. The van der Waals surface area contributed by atoms with Gasteiger partial charge in [-0.2, -0.15) is 0 Å². The van der Waals surface area contributed by atoms with Crippen molar-refractivity contribution >= 4 is 0 Å². The molecule has 0 aromatic rings. The van der Waals surface area contributed by atoms with E-state index in [1.165, 1.54) is 38.8 Å². The van der Waals surface area contributed by atoms with Crippen LogP contribution in [0.15, 0.2) is 0 Å². The molecular weight excluding hydrogens is 260 g/mol. The molecule has 1 N–H and O–H groups in total. The minimum Gasteiger partial charge on any atom is -0.376 e. The van der Waals surface area contributed by atoms with Gasteiger partial charge in [-0.05, 0) is 50.0 Å². The normalized spacial score (nSPS) is 34.0. The molecule has 3 atom stereocenters. The van der Waals surface area contributed by atoms with Crippen LogP contribution in [0.2, 0.25) is 0 Å². The summed E-state index contributed by atoms with van der Waals surface area (Å²) >= 11 is 0. The van der Waals surface area contributed by atoms with Crippen LogP contribution in [-0.4, -0.2) is 49.8 Å². The predicted molar refractivity (Wildman–Crippen MR) is 89.7 cm³/mol. The molecule has 2 rings (SSSR count). The van der Waals surface area contributed by atoms with Crippen LogP contribution in [0.1, 0.15) is 59.8 Å². The van der Waals surface area contributed by atoms with Crippen LogP contribution in [0.25, 0.3) is 0 Å². The molecular formula is C18H36N2O. The van der Waals surface area contributed by atoms with Gasteiger partial charge in [-0.15, -0.1) is 0 Å². The van der Waals surface area contributed by atoms with E-state index in [4.69, 9.17) is 4.74 Å². The molecule has 0 radical (unpaired) electrons. The smallest absolute Gasteiger partial charge is 0.0700 e. The highest BCUT2D eigenvalue weighted by molar-refractivity contribution is 4.91. The summed E-state index contributed by atoms with van der Waals surface area (Å²) in [5.41, 5.74) is 0.519. The van der Waals surface area contributed by atoms with Crippen LogP contribution in [0.4, 0.5) is 0 Å². The zero-order valence-corrected chi connectivity index (χ0v) is 14.7. The zero-order chi connectivity index (χ0) is 15.3. The molecule has 21 heavy (non-hydrogen) atoms. The fourth-order valence-corrected chi connectivity index (χ4v) is 4.05. The van der Waals surface area contributed by atoms with Gasteiger partial charge in [0.15, 0.2) is 0 Å². The van der Waals surface area contributed by atoms with E-state index in [0.717, 1.165) is 38.1 Å². The molecule has 1 aliphatic carbocycles. The Morgan fingerprint density at radius 3 is 2.81 bits per heavy atom. The Bertz CT molecular complexity index is 306. The lowest BCUT2D eigenvalue weighted by atomic mass is 9.69. The minimum absolute atomic E-state index is 0.456. The minimum atomic E-state index is 0.456. The summed E-state index contributed by atoms with van der Waals surface area (Å²) < 4.78 is 5.82. The molecule has 2 fully saturated rings. The molecule has 3 heteroatoms. The maximum absolute atomic E-state index is 5.82. The van der Waals surface area contributed by atoms with Gasteiger partial charge >= 0.3 is 0 Å². The molecule has 1 heterocycles. The van der Waals surface area contributed by atoms with Crippen molar-refractivity contribution in [3.63, 3.8) is 0 Å². The molecule has 124 valence electrons. The van der Waals surface area contributed by atoms with E-state index in [0.29, 0.717) is 11.5 Å². The SMILES string of the molecule is CCCNC1CCC(C)(C)CC1CN1CCOC(CC)C1. The number of nitrogens with zero attached hydrogens (tertiary/aromatic N) is 1. The highest BCUT2D eigenvalue weighted by Crippen LogP contribution is 2.39. The van der Waals surface area contributed by atoms with E-state index >= 15 is 0 Å². The monoisotopic (exact) mass is 296 g/mol. The van der Waals surface area contributed by atoms with Crippen molar-refractivity contribution in [2.45, 2.75) is 71.9 Å². The predicted octanol–water partition coefficient (Wildman–Crippen LogP) is 3.29. The van der Waals surface area contributed by atoms with Crippen molar-refractivity contribution in [2.75, 3.05) is 32.8 Å². The lowest BCUT2D eigenvalue weighted by Crippen LogP contribution is -2.51. The fourth-order valence-electron chi connectivity index (χ4n) is 4.05. The summed E-state index contributed by atoms with van der Waals surface area (Å²) in [6.45, 7) is 15.0. The number of nitrogens with one attached hydrogen (secondary N) is 1. The van der Waals surface area contributed by atoms with Crippen LogP contribution in [0.5, 0.6) is 0 Å². The highest BCUT2D eigenvalue weighted by Gasteiger charge is 2.36. The largest absolute Gasteiger partial charge is 0.376 e. The molecule has 0 aromatic heterocycles. The Hall–Kier alpha value is -0.120. The van der Waals surface area contributed by atoms with Crippen molar-refractivity contribution < 1.29 is 4.74 Å². The Balaban J connectivity index is 1.91. The van der Waals surface area contributed by atoms with Crippen molar-refractivity contribution in [2.24, 2.45) is 11.3 Å². The van der Waals surface area contributed by atoms with E-state index in [9.17, 15) is 0 Å². The number of hydrogen-bond donors (Lipinski definition) is 1. The number of hydrogen-bond acceptors (Lipinski definition) is 3. The third-order valence-corrected chi connectivity index (χ3v) is 5.34. The van der Waals surface area contributed by atoms with E-state index in [1.807, 2.05) is 0 Å².